The first-order chi connectivity index (χ1) is 15.1. The quantitative estimate of drug-likeness (QED) is 0.143. The van der Waals surface area contributed by atoms with Crippen LogP contribution in [0.15, 0.2) is 12.2 Å². The lowest BCUT2D eigenvalue weighted by Crippen LogP contribution is -2.55. The third-order valence-electron chi connectivity index (χ3n) is 5.87. The standard InChI is InChI=1S/C27H51NO4/c1-5-6-7-8-9-10-11-12-13-14-15-16-17-18-19-20-21-22-25(29)27(32,23-26(30)31)24-28(2,3)4/h21-22,32H,5-20,23-24H2,1-4H3/t27-/m1/s1. The Kier molecular flexibility index (Phi) is 17.6. The lowest BCUT2D eigenvalue weighted by molar-refractivity contribution is -0.875. The smallest absolute Gasteiger partial charge is 0.193 e. The van der Waals surface area contributed by atoms with E-state index in [1.165, 1.54) is 89.5 Å². The van der Waals surface area contributed by atoms with Crippen LogP contribution in [-0.4, -0.2) is 54.6 Å². The van der Waals surface area contributed by atoms with Crippen molar-refractivity contribution in [3.05, 3.63) is 12.2 Å². The molecule has 0 bridgehead atoms. The zero-order valence-corrected chi connectivity index (χ0v) is 21.5. The predicted octanol–water partition coefficient (Wildman–Crippen LogP) is 4.95. The van der Waals surface area contributed by atoms with Crippen LogP contribution in [0.3, 0.4) is 0 Å². The van der Waals surface area contributed by atoms with Crippen molar-refractivity contribution >= 4 is 11.8 Å². The van der Waals surface area contributed by atoms with E-state index in [1.54, 1.807) is 6.08 Å². The number of unbranched alkanes of at least 4 members (excludes halogenated alkanes) is 15. The van der Waals surface area contributed by atoms with Crippen LogP contribution in [0.4, 0.5) is 0 Å². The van der Waals surface area contributed by atoms with E-state index in [4.69, 9.17) is 0 Å². The van der Waals surface area contributed by atoms with Gasteiger partial charge in [-0.25, -0.2) is 0 Å². The fourth-order valence-electron chi connectivity index (χ4n) is 4.22. The van der Waals surface area contributed by atoms with Crippen LogP contribution in [0, 0.1) is 0 Å². The Labute approximate surface area is 197 Å². The molecule has 0 spiro atoms. The van der Waals surface area contributed by atoms with Gasteiger partial charge in [0.15, 0.2) is 11.4 Å². The summed E-state index contributed by atoms with van der Waals surface area (Å²) in [5.41, 5.74) is -1.91. The Morgan fingerprint density at radius 2 is 1.19 bits per heavy atom. The lowest BCUT2D eigenvalue weighted by Gasteiger charge is -2.34. The number of aliphatic carboxylic acids is 1. The highest BCUT2D eigenvalue weighted by atomic mass is 16.4. The van der Waals surface area contributed by atoms with Crippen LogP contribution in [0.1, 0.15) is 116 Å². The van der Waals surface area contributed by atoms with E-state index in [-0.39, 0.29) is 6.54 Å². The first-order valence-electron chi connectivity index (χ1n) is 13.0. The molecule has 0 heterocycles. The maximum Gasteiger partial charge on any atom is 0.193 e. The summed E-state index contributed by atoms with van der Waals surface area (Å²) in [4.78, 5) is 23.4. The number of hydrogen-bond donors (Lipinski definition) is 1. The molecule has 0 fully saturated rings. The van der Waals surface area contributed by atoms with Crippen LogP contribution in [0.25, 0.3) is 0 Å². The Bertz CT molecular complexity index is 524. The number of allylic oxidation sites excluding steroid dienone is 1. The summed E-state index contributed by atoms with van der Waals surface area (Å²) >= 11 is 0. The monoisotopic (exact) mass is 453 g/mol. The van der Waals surface area contributed by atoms with Gasteiger partial charge in [0, 0.05) is 12.4 Å². The summed E-state index contributed by atoms with van der Waals surface area (Å²) < 4.78 is 0.294. The molecular formula is C27H51NO4. The van der Waals surface area contributed by atoms with Gasteiger partial charge in [0.05, 0.1) is 21.1 Å². The van der Waals surface area contributed by atoms with E-state index in [0.29, 0.717) is 4.48 Å². The normalized spacial score (nSPS) is 14.0. The van der Waals surface area contributed by atoms with Crippen LogP contribution >= 0.6 is 0 Å². The van der Waals surface area contributed by atoms with Gasteiger partial charge in [0.25, 0.3) is 0 Å². The average Bonchev–Trinajstić information content (AvgIpc) is 2.68. The zero-order chi connectivity index (χ0) is 24.3. The van der Waals surface area contributed by atoms with E-state index >= 15 is 0 Å². The largest absolute Gasteiger partial charge is 0.550 e. The van der Waals surface area contributed by atoms with Gasteiger partial charge in [0.1, 0.15) is 6.54 Å². The molecular weight excluding hydrogens is 402 g/mol. The third-order valence-corrected chi connectivity index (χ3v) is 5.87. The number of ketones is 1. The number of likely N-dealkylation sites (N-methyl/N-ethyl adjacent to an activating group) is 1. The highest BCUT2D eigenvalue weighted by Gasteiger charge is 2.39. The molecule has 0 aromatic carbocycles. The van der Waals surface area contributed by atoms with Crippen LogP contribution in [0.2, 0.25) is 0 Å². The molecule has 0 aliphatic carbocycles. The van der Waals surface area contributed by atoms with Gasteiger partial charge < -0.3 is 19.5 Å². The van der Waals surface area contributed by atoms with Crippen molar-refractivity contribution in [1.82, 2.24) is 0 Å². The van der Waals surface area contributed by atoms with Crippen molar-refractivity contribution in [3.8, 4) is 0 Å². The predicted molar refractivity (Wildman–Crippen MR) is 131 cm³/mol. The van der Waals surface area contributed by atoms with E-state index in [9.17, 15) is 19.8 Å². The number of carboxylic acids is 1. The summed E-state index contributed by atoms with van der Waals surface area (Å²) in [6, 6.07) is 0. The minimum Gasteiger partial charge on any atom is -0.550 e. The first-order valence-corrected chi connectivity index (χ1v) is 13.0. The second kappa shape index (κ2) is 18.3. The van der Waals surface area contributed by atoms with Crippen molar-refractivity contribution in [2.45, 2.75) is 122 Å². The van der Waals surface area contributed by atoms with Crippen molar-refractivity contribution in [2.24, 2.45) is 0 Å². The average molecular weight is 454 g/mol. The SMILES string of the molecule is CCCCCCCCCCCCCCCCCC=CC(=O)[C@@](O)(CC(=O)[O-])C[N+](C)(C)C. The number of nitrogens with zero attached hydrogens (tertiary/aromatic N) is 1. The van der Waals surface area contributed by atoms with Crippen molar-refractivity contribution in [3.63, 3.8) is 0 Å². The van der Waals surface area contributed by atoms with Crippen LogP contribution in [0.5, 0.6) is 0 Å². The van der Waals surface area contributed by atoms with E-state index in [1.807, 2.05) is 21.1 Å². The lowest BCUT2D eigenvalue weighted by atomic mass is 9.92. The summed E-state index contributed by atoms with van der Waals surface area (Å²) in [7, 11) is 5.44. The minimum absolute atomic E-state index is 0.0309. The van der Waals surface area contributed by atoms with Crippen LogP contribution in [-0.2, 0) is 9.59 Å². The number of rotatable bonds is 22. The second-order valence-electron chi connectivity index (χ2n) is 10.5. The van der Waals surface area contributed by atoms with Gasteiger partial charge >= 0.3 is 0 Å². The van der Waals surface area contributed by atoms with Gasteiger partial charge in [-0.1, -0.05) is 103 Å². The summed E-state index contributed by atoms with van der Waals surface area (Å²) in [6.45, 7) is 2.29. The van der Waals surface area contributed by atoms with E-state index < -0.39 is 23.8 Å². The molecule has 0 saturated carbocycles. The number of quaternary nitrogens is 1. The number of carbonyl (C=O) groups excluding carboxylic acids is 2. The maximum atomic E-state index is 12.4. The fourth-order valence-corrected chi connectivity index (χ4v) is 4.22. The molecule has 0 aliphatic heterocycles. The van der Waals surface area contributed by atoms with Gasteiger partial charge in [-0.05, 0) is 18.9 Å². The molecule has 32 heavy (non-hydrogen) atoms. The molecule has 1 atom stereocenters. The Morgan fingerprint density at radius 1 is 0.781 bits per heavy atom. The third kappa shape index (κ3) is 18.4. The molecule has 0 unspecified atom stereocenters. The Balaban J connectivity index is 3.78. The molecule has 188 valence electrons. The summed E-state index contributed by atoms with van der Waals surface area (Å²) in [5, 5.41) is 21.6. The van der Waals surface area contributed by atoms with E-state index in [0.717, 1.165) is 19.3 Å². The summed E-state index contributed by atoms with van der Waals surface area (Å²) in [6.07, 6.45) is 23.0. The molecule has 5 heteroatoms. The van der Waals surface area contributed by atoms with Crippen LogP contribution < -0.4 is 5.11 Å². The minimum atomic E-state index is -1.91. The molecule has 0 aliphatic rings. The summed E-state index contributed by atoms with van der Waals surface area (Å²) in [5.74, 6) is -1.96. The molecule has 0 aromatic rings. The highest BCUT2D eigenvalue weighted by molar-refractivity contribution is 5.99. The molecule has 0 aromatic heterocycles. The van der Waals surface area contributed by atoms with Gasteiger partial charge in [0.2, 0.25) is 0 Å². The Hall–Kier alpha value is -1.20. The van der Waals surface area contributed by atoms with Crippen molar-refractivity contribution < 1.29 is 24.3 Å². The second-order valence-corrected chi connectivity index (χ2v) is 10.5. The van der Waals surface area contributed by atoms with Gasteiger partial charge in [-0.3, -0.25) is 4.79 Å². The topological polar surface area (TPSA) is 77.4 Å². The molecule has 0 saturated heterocycles. The van der Waals surface area contributed by atoms with Crippen molar-refractivity contribution in [1.29, 1.82) is 0 Å². The maximum absolute atomic E-state index is 12.4. The molecule has 0 radical (unpaired) electrons. The molecule has 0 amide bonds. The molecule has 1 N–H and O–H groups in total. The number of carboxylic acid groups (broad SMARTS) is 1. The zero-order valence-electron chi connectivity index (χ0n) is 21.5. The van der Waals surface area contributed by atoms with Crippen molar-refractivity contribution in [2.75, 3.05) is 27.7 Å². The molecule has 0 rings (SSSR count). The number of carbonyl (C=O) groups is 2. The number of aliphatic hydroxyl groups is 1. The van der Waals surface area contributed by atoms with E-state index in [2.05, 4.69) is 6.92 Å². The van der Waals surface area contributed by atoms with Gasteiger partial charge in [-0.15, -0.1) is 0 Å². The highest BCUT2D eigenvalue weighted by Crippen LogP contribution is 2.17. The fraction of sp³-hybridized carbons (Fsp3) is 0.852. The molecule has 5 nitrogen and oxygen atoms in total. The van der Waals surface area contributed by atoms with Gasteiger partial charge in [-0.2, -0.15) is 0 Å². The first kappa shape index (κ1) is 30.8. The number of hydrogen-bond acceptors (Lipinski definition) is 4. The Morgan fingerprint density at radius 3 is 1.56 bits per heavy atom.